The number of rotatable bonds is 3. The lowest BCUT2D eigenvalue weighted by atomic mass is 9.97. The summed E-state index contributed by atoms with van der Waals surface area (Å²) in [7, 11) is 0. The van der Waals surface area contributed by atoms with Crippen LogP contribution in [0.3, 0.4) is 0 Å². The Labute approximate surface area is 125 Å². The van der Waals surface area contributed by atoms with Crippen LogP contribution in [0, 0.1) is 0 Å². The maximum atomic E-state index is 12.1. The van der Waals surface area contributed by atoms with E-state index in [9.17, 15) is 4.79 Å². The molecule has 1 aliphatic carbocycles. The summed E-state index contributed by atoms with van der Waals surface area (Å²) in [6.45, 7) is 7.69. The standard InChI is InChI=1S/C17H22O4/c1-16(2,11-8-6-5-7-9-11)19-13-10-12(18)14-15(13)21-17(3,4)20-14/h5-9,13-15H,10H2,1-4H3. The summed E-state index contributed by atoms with van der Waals surface area (Å²) in [5.41, 5.74) is 0.607. The minimum absolute atomic E-state index is 0.0689. The third-order valence-electron chi connectivity index (χ3n) is 4.13. The average molecular weight is 290 g/mol. The largest absolute Gasteiger partial charge is 0.364 e. The number of carbonyl (C=O) groups excluding carboxylic acids is 1. The van der Waals surface area contributed by atoms with Crippen LogP contribution in [0.15, 0.2) is 30.3 Å². The molecule has 21 heavy (non-hydrogen) atoms. The number of ether oxygens (including phenoxy) is 3. The number of Topliss-reactive ketones (excluding diaryl/α,β-unsaturated/α-hetero) is 1. The highest BCUT2D eigenvalue weighted by atomic mass is 16.8. The maximum absolute atomic E-state index is 12.1. The highest BCUT2D eigenvalue weighted by molar-refractivity contribution is 5.87. The van der Waals surface area contributed by atoms with Crippen molar-refractivity contribution in [3.63, 3.8) is 0 Å². The molecule has 4 nitrogen and oxygen atoms in total. The number of ketones is 1. The number of hydrogen-bond donors (Lipinski definition) is 0. The van der Waals surface area contributed by atoms with Crippen LogP contribution in [0.1, 0.15) is 39.7 Å². The van der Waals surface area contributed by atoms with E-state index in [1.54, 1.807) is 0 Å². The van der Waals surface area contributed by atoms with Gasteiger partial charge in [0, 0.05) is 6.42 Å². The number of fused-ring (bicyclic) bond motifs is 1. The van der Waals surface area contributed by atoms with Crippen molar-refractivity contribution in [1.29, 1.82) is 0 Å². The predicted molar refractivity (Wildman–Crippen MR) is 77.8 cm³/mol. The van der Waals surface area contributed by atoms with Crippen LogP contribution in [0.2, 0.25) is 0 Å². The van der Waals surface area contributed by atoms with Gasteiger partial charge < -0.3 is 14.2 Å². The molecule has 0 spiro atoms. The molecule has 1 saturated heterocycles. The lowest BCUT2D eigenvalue weighted by Gasteiger charge is -2.32. The summed E-state index contributed by atoms with van der Waals surface area (Å²) >= 11 is 0. The van der Waals surface area contributed by atoms with Crippen LogP contribution >= 0.6 is 0 Å². The Bertz CT molecular complexity index is 535. The van der Waals surface area contributed by atoms with Crippen LogP contribution in [0.4, 0.5) is 0 Å². The fraction of sp³-hybridized carbons (Fsp3) is 0.588. The summed E-state index contributed by atoms with van der Waals surface area (Å²) < 4.78 is 17.8. The molecule has 0 aromatic heterocycles. The van der Waals surface area contributed by atoms with Gasteiger partial charge in [0.2, 0.25) is 0 Å². The van der Waals surface area contributed by atoms with Gasteiger partial charge in [-0.2, -0.15) is 0 Å². The van der Waals surface area contributed by atoms with Gasteiger partial charge in [-0.25, -0.2) is 0 Å². The molecule has 3 rings (SSSR count). The highest BCUT2D eigenvalue weighted by Crippen LogP contribution is 2.40. The van der Waals surface area contributed by atoms with Crippen molar-refractivity contribution in [3.05, 3.63) is 35.9 Å². The highest BCUT2D eigenvalue weighted by Gasteiger charge is 2.55. The zero-order valence-electron chi connectivity index (χ0n) is 13.0. The smallest absolute Gasteiger partial charge is 0.167 e. The second-order valence-corrected chi connectivity index (χ2v) is 6.72. The lowest BCUT2D eigenvalue weighted by molar-refractivity contribution is -0.182. The van der Waals surface area contributed by atoms with Gasteiger partial charge in [0.1, 0.15) is 12.2 Å². The molecular formula is C17H22O4. The monoisotopic (exact) mass is 290 g/mol. The van der Waals surface area contributed by atoms with Crippen molar-refractivity contribution >= 4 is 5.78 Å². The van der Waals surface area contributed by atoms with Crippen molar-refractivity contribution in [2.45, 2.75) is 63.8 Å². The third-order valence-corrected chi connectivity index (χ3v) is 4.13. The molecule has 1 saturated carbocycles. The average Bonchev–Trinajstić information content (AvgIpc) is 2.86. The maximum Gasteiger partial charge on any atom is 0.167 e. The Morgan fingerprint density at radius 3 is 2.52 bits per heavy atom. The van der Waals surface area contributed by atoms with Crippen molar-refractivity contribution in [1.82, 2.24) is 0 Å². The summed E-state index contributed by atoms with van der Waals surface area (Å²) in [6, 6.07) is 10.0. The molecule has 0 bridgehead atoms. The molecule has 1 aliphatic heterocycles. The van der Waals surface area contributed by atoms with Gasteiger partial charge in [-0.05, 0) is 33.3 Å². The summed E-state index contributed by atoms with van der Waals surface area (Å²) in [5, 5.41) is 0. The predicted octanol–water partition coefficient (Wildman–Crippen LogP) is 2.80. The molecule has 114 valence electrons. The van der Waals surface area contributed by atoms with Gasteiger partial charge in [0.25, 0.3) is 0 Å². The second-order valence-electron chi connectivity index (χ2n) is 6.72. The van der Waals surface area contributed by atoms with E-state index in [1.165, 1.54) is 0 Å². The zero-order chi connectivity index (χ0) is 15.3. The molecule has 0 radical (unpaired) electrons. The van der Waals surface area contributed by atoms with Gasteiger partial charge in [-0.15, -0.1) is 0 Å². The van der Waals surface area contributed by atoms with Crippen molar-refractivity contribution in [3.8, 4) is 0 Å². The molecular weight excluding hydrogens is 268 g/mol. The fourth-order valence-electron chi connectivity index (χ4n) is 3.14. The minimum Gasteiger partial charge on any atom is -0.364 e. The van der Waals surface area contributed by atoms with E-state index in [-0.39, 0.29) is 18.0 Å². The SMILES string of the molecule is CC1(C)OC2C(=O)CC(OC(C)(C)c3ccccc3)C2O1. The van der Waals surface area contributed by atoms with Crippen molar-refractivity contribution in [2.75, 3.05) is 0 Å². The molecule has 0 N–H and O–H groups in total. The molecule has 0 amide bonds. The Morgan fingerprint density at radius 1 is 1.19 bits per heavy atom. The Hall–Kier alpha value is -1.23. The van der Waals surface area contributed by atoms with E-state index in [1.807, 2.05) is 58.0 Å². The Morgan fingerprint density at radius 2 is 1.86 bits per heavy atom. The van der Waals surface area contributed by atoms with Crippen LogP contribution < -0.4 is 0 Å². The van der Waals surface area contributed by atoms with Gasteiger partial charge in [-0.3, -0.25) is 4.79 Å². The topological polar surface area (TPSA) is 44.8 Å². The first-order valence-corrected chi connectivity index (χ1v) is 7.40. The van der Waals surface area contributed by atoms with Crippen molar-refractivity contribution in [2.24, 2.45) is 0 Å². The van der Waals surface area contributed by atoms with E-state index in [2.05, 4.69) is 0 Å². The van der Waals surface area contributed by atoms with E-state index in [0.29, 0.717) is 6.42 Å². The van der Waals surface area contributed by atoms with E-state index >= 15 is 0 Å². The van der Waals surface area contributed by atoms with Gasteiger partial charge in [-0.1, -0.05) is 30.3 Å². The minimum atomic E-state index is -0.718. The van der Waals surface area contributed by atoms with E-state index in [0.717, 1.165) is 5.56 Å². The molecule has 3 unspecified atom stereocenters. The van der Waals surface area contributed by atoms with Gasteiger partial charge in [0.15, 0.2) is 11.6 Å². The van der Waals surface area contributed by atoms with E-state index < -0.39 is 17.5 Å². The third kappa shape index (κ3) is 2.76. The first kappa shape index (κ1) is 14.7. The van der Waals surface area contributed by atoms with E-state index in [4.69, 9.17) is 14.2 Å². The number of benzene rings is 1. The molecule has 2 aliphatic rings. The number of hydrogen-bond acceptors (Lipinski definition) is 4. The molecule has 3 atom stereocenters. The van der Waals surface area contributed by atoms with Crippen LogP contribution in [-0.2, 0) is 24.6 Å². The summed E-state index contributed by atoms with van der Waals surface area (Å²) in [6.07, 6.45) is -0.715. The first-order chi connectivity index (χ1) is 9.78. The number of carbonyl (C=O) groups is 1. The quantitative estimate of drug-likeness (QED) is 0.858. The van der Waals surface area contributed by atoms with Gasteiger partial charge in [0.05, 0.1) is 11.7 Å². The molecule has 2 fully saturated rings. The Balaban J connectivity index is 1.78. The first-order valence-electron chi connectivity index (χ1n) is 7.40. The summed E-state index contributed by atoms with van der Waals surface area (Å²) in [4.78, 5) is 12.1. The van der Waals surface area contributed by atoms with Crippen LogP contribution in [-0.4, -0.2) is 29.9 Å². The Kier molecular flexibility index (Phi) is 3.43. The lowest BCUT2D eigenvalue weighted by Crippen LogP contribution is -2.36. The normalized spacial score (nSPS) is 31.4. The molecule has 1 aromatic carbocycles. The zero-order valence-corrected chi connectivity index (χ0v) is 13.0. The van der Waals surface area contributed by atoms with Gasteiger partial charge >= 0.3 is 0 Å². The van der Waals surface area contributed by atoms with Crippen molar-refractivity contribution < 1.29 is 19.0 Å². The van der Waals surface area contributed by atoms with Crippen LogP contribution in [0.25, 0.3) is 0 Å². The van der Waals surface area contributed by atoms with Crippen LogP contribution in [0.5, 0.6) is 0 Å². The summed E-state index contributed by atoms with van der Waals surface area (Å²) in [5.74, 6) is -0.649. The molecule has 4 heteroatoms. The second kappa shape index (κ2) is 4.90. The fourth-order valence-corrected chi connectivity index (χ4v) is 3.14. The molecule has 1 heterocycles. The molecule has 1 aromatic rings.